The molecule has 0 aliphatic carbocycles. The van der Waals surface area contributed by atoms with Crippen LogP contribution in [-0.2, 0) is 5.75 Å². The van der Waals surface area contributed by atoms with Gasteiger partial charge in [0.25, 0.3) is 0 Å². The second-order valence-corrected chi connectivity index (χ2v) is 4.09. The molecule has 0 saturated heterocycles. The Bertz CT molecular complexity index is 280. The minimum absolute atomic E-state index is 0.649. The third-order valence-corrected chi connectivity index (χ3v) is 2.74. The highest BCUT2D eigenvalue weighted by Crippen LogP contribution is 2.20. The number of nitrogens with one attached hydrogen (secondary N) is 1. The summed E-state index contributed by atoms with van der Waals surface area (Å²) in [5.74, 6) is 7.76. The van der Waals surface area contributed by atoms with E-state index in [0.717, 1.165) is 17.2 Å². The highest BCUT2D eigenvalue weighted by atomic mass is 35.5. The number of nitrogens with zero attached hydrogens (tertiary/aromatic N) is 1. The monoisotopic (exact) mass is 217 g/mol. The molecule has 1 aromatic heterocycles. The van der Waals surface area contributed by atoms with Crippen LogP contribution in [0.15, 0.2) is 12.1 Å². The minimum atomic E-state index is 0.649. The predicted molar refractivity (Wildman–Crippen MR) is 58.9 cm³/mol. The molecule has 0 saturated carbocycles. The summed E-state index contributed by atoms with van der Waals surface area (Å²) in [6.45, 7) is 2.10. The van der Waals surface area contributed by atoms with Gasteiger partial charge in [-0.1, -0.05) is 18.5 Å². The number of nitrogen functional groups attached to an aromatic ring is 1. The fourth-order valence-corrected chi connectivity index (χ4v) is 1.73. The lowest BCUT2D eigenvalue weighted by atomic mass is 10.4. The molecule has 1 aromatic rings. The van der Waals surface area contributed by atoms with Gasteiger partial charge in [0, 0.05) is 5.75 Å². The molecule has 3 N–H and O–H groups in total. The number of nitrogens with two attached hydrogens (primary N) is 1. The highest BCUT2D eigenvalue weighted by Gasteiger charge is 2.02. The van der Waals surface area contributed by atoms with Gasteiger partial charge in [0.05, 0.1) is 10.7 Å². The maximum absolute atomic E-state index is 5.94. The van der Waals surface area contributed by atoms with Crippen LogP contribution in [0.5, 0.6) is 0 Å². The molecule has 0 atom stereocenters. The van der Waals surface area contributed by atoms with Gasteiger partial charge in [-0.3, -0.25) is 0 Å². The first-order chi connectivity index (χ1) is 6.27. The standard InChI is InChI=1S/C8H12ClN3S/c1-2-13-5-7-6(9)3-4-8(11-7)12-10/h3-4H,2,5,10H2,1H3,(H,11,12). The third kappa shape index (κ3) is 3.06. The molecule has 0 bridgehead atoms. The zero-order valence-electron chi connectivity index (χ0n) is 7.38. The van der Waals surface area contributed by atoms with Crippen LogP contribution in [0, 0.1) is 0 Å². The predicted octanol–water partition coefficient (Wildman–Crippen LogP) is 2.27. The van der Waals surface area contributed by atoms with Crippen molar-refractivity contribution in [2.24, 2.45) is 5.84 Å². The number of hydrogen-bond donors (Lipinski definition) is 2. The molecule has 0 aliphatic rings. The normalized spacial score (nSPS) is 10.1. The summed E-state index contributed by atoms with van der Waals surface area (Å²) in [5, 5.41) is 0.694. The van der Waals surface area contributed by atoms with Crippen molar-refractivity contribution < 1.29 is 0 Å². The second-order valence-electron chi connectivity index (χ2n) is 2.41. The summed E-state index contributed by atoms with van der Waals surface area (Å²) in [4.78, 5) is 4.24. The Morgan fingerprint density at radius 1 is 1.62 bits per heavy atom. The largest absolute Gasteiger partial charge is 0.308 e. The number of pyridine rings is 1. The molecule has 0 aliphatic heterocycles. The number of anilines is 1. The molecule has 3 nitrogen and oxygen atoms in total. The molecule has 5 heteroatoms. The molecule has 0 radical (unpaired) electrons. The van der Waals surface area contributed by atoms with Crippen molar-refractivity contribution >= 4 is 29.2 Å². The van der Waals surface area contributed by atoms with E-state index in [9.17, 15) is 0 Å². The number of rotatable bonds is 4. The van der Waals surface area contributed by atoms with Crippen molar-refractivity contribution in [3.8, 4) is 0 Å². The summed E-state index contributed by atoms with van der Waals surface area (Å²) in [5.41, 5.74) is 3.37. The zero-order chi connectivity index (χ0) is 9.68. The van der Waals surface area contributed by atoms with Gasteiger partial charge in [0.15, 0.2) is 0 Å². The highest BCUT2D eigenvalue weighted by molar-refractivity contribution is 7.98. The van der Waals surface area contributed by atoms with Crippen LogP contribution in [-0.4, -0.2) is 10.7 Å². The maximum Gasteiger partial charge on any atom is 0.140 e. The number of thioether (sulfide) groups is 1. The molecule has 13 heavy (non-hydrogen) atoms. The van der Waals surface area contributed by atoms with Gasteiger partial charge in [-0.15, -0.1) is 0 Å². The van der Waals surface area contributed by atoms with Gasteiger partial charge in [0.2, 0.25) is 0 Å². The van der Waals surface area contributed by atoms with Crippen LogP contribution < -0.4 is 11.3 Å². The summed E-state index contributed by atoms with van der Waals surface area (Å²) in [7, 11) is 0. The number of hydrazine groups is 1. The molecule has 1 rings (SSSR count). The number of halogens is 1. The van der Waals surface area contributed by atoms with Crippen molar-refractivity contribution in [1.29, 1.82) is 0 Å². The Kier molecular flexibility index (Phi) is 4.35. The van der Waals surface area contributed by atoms with Crippen molar-refractivity contribution in [3.05, 3.63) is 22.8 Å². The Balaban J connectivity index is 2.78. The van der Waals surface area contributed by atoms with E-state index in [2.05, 4.69) is 17.3 Å². The lowest BCUT2D eigenvalue weighted by Crippen LogP contribution is -2.09. The van der Waals surface area contributed by atoms with Crippen molar-refractivity contribution in [3.63, 3.8) is 0 Å². The molecule has 0 aromatic carbocycles. The first-order valence-corrected chi connectivity index (χ1v) is 5.51. The maximum atomic E-state index is 5.94. The number of hydrogen-bond acceptors (Lipinski definition) is 4. The topological polar surface area (TPSA) is 50.9 Å². The third-order valence-electron chi connectivity index (χ3n) is 1.51. The van der Waals surface area contributed by atoms with Crippen LogP contribution in [0.4, 0.5) is 5.82 Å². The van der Waals surface area contributed by atoms with E-state index in [0.29, 0.717) is 10.8 Å². The van der Waals surface area contributed by atoms with Gasteiger partial charge < -0.3 is 5.43 Å². The molecular weight excluding hydrogens is 206 g/mol. The molecule has 1 heterocycles. The molecular formula is C8H12ClN3S. The van der Waals surface area contributed by atoms with Gasteiger partial charge in [-0.05, 0) is 17.9 Å². The van der Waals surface area contributed by atoms with E-state index in [4.69, 9.17) is 17.4 Å². The second kappa shape index (κ2) is 5.32. The summed E-state index contributed by atoms with van der Waals surface area (Å²) < 4.78 is 0. The first kappa shape index (κ1) is 10.6. The van der Waals surface area contributed by atoms with Crippen LogP contribution in [0.2, 0.25) is 5.02 Å². The van der Waals surface area contributed by atoms with Crippen LogP contribution in [0.1, 0.15) is 12.6 Å². The van der Waals surface area contributed by atoms with Crippen molar-refractivity contribution in [2.75, 3.05) is 11.2 Å². The van der Waals surface area contributed by atoms with Gasteiger partial charge in [-0.25, -0.2) is 10.8 Å². The van der Waals surface area contributed by atoms with Crippen molar-refractivity contribution in [2.45, 2.75) is 12.7 Å². The average Bonchev–Trinajstić information content (AvgIpc) is 2.17. The molecule has 0 amide bonds. The van der Waals surface area contributed by atoms with Crippen molar-refractivity contribution in [1.82, 2.24) is 4.98 Å². The first-order valence-electron chi connectivity index (χ1n) is 3.97. The average molecular weight is 218 g/mol. The number of aromatic nitrogens is 1. The molecule has 0 fully saturated rings. The van der Waals surface area contributed by atoms with E-state index in [1.54, 1.807) is 23.9 Å². The Morgan fingerprint density at radius 3 is 3.00 bits per heavy atom. The summed E-state index contributed by atoms with van der Waals surface area (Å²) >= 11 is 7.72. The van der Waals surface area contributed by atoms with E-state index < -0.39 is 0 Å². The lowest BCUT2D eigenvalue weighted by molar-refractivity contribution is 1.14. The summed E-state index contributed by atoms with van der Waals surface area (Å²) in [6, 6.07) is 3.55. The SMILES string of the molecule is CCSCc1nc(NN)ccc1Cl. The Labute approximate surface area is 87.0 Å². The lowest BCUT2D eigenvalue weighted by Gasteiger charge is -2.04. The fourth-order valence-electron chi connectivity index (χ4n) is 0.865. The Morgan fingerprint density at radius 2 is 2.38 bits per heavy atom. The van der Waals surface area contributed by atoms with Crippen LogP contribution in [0.25, 0.3) is 0 Å². The Hall–Kier alpha value is -0.450. The van der Waals surface area contributed by atoms with Gasteiger partial charge in [0.1, 0.15) is 5.82 Å². The summed E-state index contributed by atoms with van der Waals surface area (Å²) in [6.07, 6.45) is 0. The molecule has 72 valence electrons. The minimum Gasteiger partial charge on any atom is -0.308 e. The van der Waals surface area contributed by atoms with Gasteiger partial charge in [-0.2, -0.15) is 11.8 Å². The van der Waals surface area contributed by atoms with Gasteiger partial charge >= 0.3 is 0 Å². The quantitative estimate of drug-likeness (QED) is 0.600. The van der Waals surface area contributed by atoms with E-state index in [-0.39, 0.29) is 0 Å². The van der Waals surface area contributed by atoms with Crippen LogP contribution >= 0.6 is 23.4 Å². The molecule has 0 spiro atoms. The van der Waals surface area contributed by atoms with E-state index >= 15 is 0 Å². The molecule has 0 unspecified atom stereocenters. The van der Waals surface area contributed by atoms with Crippen LogP contribution in [0.3, 0.4) is 0 Å². The van der Waals surface area contributed by atoms with E-state index in [1.165, 1.54) is 0 Å². The van der Waals surface area contributed by atoms with E-state index in [1.807, 2.05) is 0 Å². The zero-order valence-corrected chi connectivity index (χ0v) is 8.95. The fraction of sp³-hybridized carbons (Fsp3) is 0.375. The smallest absolute Gasteiger partial charge is 0.140 e.